The van der Waals surface area contributed by atoms with Crippen molar-refractivity contribution in [1.82, 2.24) is 9.80 Å². The second kappa shape index (κ2) is 11.2. The van der Waals surface area contributed by atoms with Gasteiger partial charge in [0.2, 0.25) is 0 Å². The van der Waals surface area contributed by atoms with Crippen LogP contribution in [0, 0.1) is 0 Å². The number of amides is 1. The number of ether oxygens (including phenoxy) is 4. The molecule has 1 aliphatic rings. The molecule has 2 N–H and O–H groups in total. The number of ketones is 1. The van der Waals surface area contributed by atoms with Gasteiger partial charge >= 0.3 is 0 Å². The van der Waals surface area contributed by atoms with E-state index in [1.54, 1.807) is 12.1 Å². The number of methoxy groups -OCH3 is 4. The van der Waals surface area contributed by atoms with Crippen LogP contribution in [0.25, 0.3) is 5.76 Å². The zero-order valence-corrected chi connectivity index (χ0v) is 21.3. The first-order valence-corrected chi connectivity index (χ1v) is 11.3. The topological polar surface area (TPSA) is 118 Å². The highest BCUT2D eigenvalue weighted by atomic mass is 16.5. The number of phenols is 1. The van der Waals surface area contributed by atoms with Crippen molar-refractivity contribution in [2.24, 2.45) is 0 Å². The van der Waals surface area contributed by atoms with Gasteiger partial charge < -0.3 is 39.0 Å². The molecule has 0 aromatic heterocycles. The number of hydrogen-bond donors (Lipinski definition) is 2. The minimum absolute atomic E-state index is 0.00784. The molecule has 1 aliphatic heterocycles. The molecule has 0 radical (unpaired) electrons. The molecule has 1 unspecified atom stereocenters. The lowest BCUT2D eigenvalue weighted by Gasteiger charge is -2.28. The standard InChI is InChI=1S/C26H32N2O8/c1-27(2)10-7-11-28-23(17-13-20(35-5)21(36-6)14-19(17)34-4)22(25(31)26(28)32)24(30)16-9-8-15(33-3)12-18(16)29/h8-9,12-14,23,29-30H,7,10-11H2,1-6H3. The van der Waals surface area contributed by atoms with Gasteiger partial charge in [0.1, 0.15) is 23.0 Å². The summed E-state index contributed by atoms with van der Waals surface area (Å²) in [6.45, 7) is 0.925. The van der Waals surface area contributed by atoms with E-state index in [1.165, 1.54) is 51.5 Å². The van der Waals surface area contributed by atoms with Crippen LogP contribution >= 0.6 is 0 Å². The van der Waals surface area contributed by atoms with E-state index >= 15 is 0 Å². The van der Waals surface area contributed by atoms with E-state index in [1.807, 2.05) is 19.0 Å². The summed E-state index contributed by atoms with van der Waals surface area (Å²) in [6.07, 6.45) is 0.583. The van der Waals surface area contributed by atoms with E-state index in [0.717, 1.165) is 0 Å². The molecule has 1 atom stereocenters. The van der Waals surface area contributed by atoms with Gasteiger partial charge in [-0.3, -0.25) is 9.59 Å². The highest BCUT2D eigenvalue weighted by Crippen LogP contribution is 2.47. The molecule has 10 heteroatoms. The van der Waals surface area contributed by atoms with E-state index in [-0.39, 0.29) is 23.4 Å². The Hall–Kier alpha value is -3.92. The van der Waals surface area contributed by atoms with Crippen molar-refractivity contribution in [2.75, 3.05) is 55.6 Å². The van der Waals surface area contributed by atoms with Crippen molar-refractivity contribution in [2.45, 2.75) is 12.5 Å². The van der Waals surface area contributed by atoms with Crippen LogP contribution in [0.4, 0.5) is 0 Å². The third-order valence-corrected chi connectivity index (χ3v) is 6.03. The Morgan fingerprint density at radius 3 is 2.14 bits per heavy atom. The van der Waals surface area contributed by atoms with Crippen molar-refractivity contribution in [3.63, 3.8) is 0 Å². The predicted octanol–water partition coefficient (Wildman–Crippen LogP) is 2.80. The summed E-state index contributed by atoms with van der Waals surface area (Å²) >= 11 is 0. The number of aliphatic hydroxyl groups is 1. The highest BCUT2D eigenvalue weighted by molar-refractivity contribution is 6.46. The maximum absolute atomic E-state index is 13.3. The number of nitrogens with zero attached hydrogens (tertiary/aromatic N) is 2. The SMILES string of the molecule is COc1ccc(C(O)=C2C(=O)C(=O)N(CCCN(C)C)C2c2cc(OC)c(OC)cc2OC)c(O)c1. The zero-order valence-electron chi connectivity index (χ0n) is 21.3. The third kappa shape index (κ3) is 5.03. The molecular weight excluding hydrogens is 468 g/mol. The molecule has 36 heavy (non-hydrogen) atoms. The number of carbonyl (C=O) groups is 2. The minimum Gasteiger partial charge on any atom is -0.507 e. The van der Waals surface area contributed by atoms with Gasteiger partial charge in [-0.15, -0.1) is 0 Å². The van der Waals surface area contributed by atoms with Gasteiger partial charge in [-0.1, -0.05) is 0 Å². The fourth-order valence-corrected chi connectivity index (χ4v) is 4.24. The molecule has 1 saturated heterocycles. The van der Waals surface area contributed by atoms with E-state index in [9.17, 15) is 19.8 Å². The first-order chi connectivity index (χ1) is 17.2. The van der Waals surface area contributed by atoms with Gasteiger partial charge in [0.25, 0.3) is 11.7 Å². The van der Waals surface area contributed by atoms with Crippen LogP contribution in [-0.4, -0.2) is 87.3 Å². The van der Waals surface area contributed by atoms with E-state index in [4.69, 9.17) is 18.9 Å². The molecule has 2 aromatic carbocycles. The normalized spacial score (nSPS) is 17.0. The predicted molar refractivity (Wildman–Crippen MR) is 133 cm³/mol. The van der Waals surface area contributed by atoms with Gasteiger partial charge in [-0.2, -0.15) is 0 Å². The van der Waals surface area contributed by atoms with Crippen LogP contribution < -0.4 is 18.9 Å². The maximum Gasteiger partial charge on any atom is 0.295 e. The number of phenolic OH excluding ortho intramolecular Hbond substituents is 1. The van der Waals surface area contributed by atoms with Crippen molar-refractivity contribution >= 4 is 17.4 Å². The lowest BCUT2D eigenvalue weighted by molar-refractivity contribution is -0.140. The van der Waals surface area contributed by atoms with Gasteiger partial charge in [0.15, 0.2) is 11.5 Å². The number of Topliss-reactive ketones (excluding diaryl/α,β-unsaturated/α-hetero) is 1. The second-order valence-corrected chi connectivity index (χ2v) is 8.48. The lowest BCUT2D eigenvalue weighted by atomic mass is 9.93. The average Bonchev–Trinajstić information content (AvgIpc) is 3.11. The molecule has 2 aromatic rings. The molecule has 0 bridgehead atoms. The fourth-order valence-electron chi connectivity index (χ4n) is 4.24. The molecule has 1 heterocycles. The Kier molecular flexibility index (Phi) is 8.31. The van der Waals surface area contributed by atoms with Gasteiger partial charge in [0.05, 0.1) is 45.6 Å². The van der Waals surface area contributed by atoms with Crippen molar-refractivity contribution in [1.29, 1.82) is 0 Å². The molecule has 194 valence electrons. The lowest BCUT2D eigenvalue weighted by Crippen LogP contribution is -2.32. The van der Waals surface area contributed by atoms with E-state index < -0.39 is 23.5 Å². The molecule has 3 rings (SSSR count). The summed E-state index contributed by atoms with van der Waals surface area (Å²) in [7, 11) is 9.67. The number of benzene rings is 2. The number of rotatable bonds is 10. The Morgan fingerprint density at radius 2 is 1.58 bits per heavy atom. The quantitative estimate of drug-likeness (QED) is 0.288. The van der Waals surface area contributed by atoms with Crippen LogP contribution in [0.15, 0.2) is 35.9 Å². The molecule has 1 fully saturated rings. The minimum atomic E-state index is -0.997. The Morgan fingerprint density at radius 1 is 0.944 bits per heavy atom. The fraction of sp³-hybridized carbons (Fsp3) is 0.385. The third-order valence-electron chi connectivity index (χ3n) is 6.03. The summed E-state index contributed by atoms with van der Waals surface area (Å²) < 4.78 is 21.5. The molecule has 0 aliphatic carbocycles. The summed E-state index contributed by atoms with van der Waals surface area (Å²) in [4.78, 5) is 29.9. The van der Waals surface area contributed by atoms with Crippen LogP contribution in [-0.2, 0) is 9.59 Å². The van der Waals surface area contributed by atoms with E-state index in [0.29, 0.717) is 41.5 Å². The second-order valence-electron chi connectivity index (χ2n) is 8.48. The molecule has 0 spiro atoms. The first-order valence-electron chi connectivity index (χ1n) is 11.3. The molecule has 1 amide bonds. The van der Waals surface area contributed by atoms with Gasteiger partial charge in [-0.25, -0.2) is 0 Å². The smallest absolute Gasteiger partial charge is 0.295 e. The number of likely N-dealkylation sites (tertiary alicyclic amines) is 1. The number of aromatic hydroxyl groups is 1. The Balaban J connectivity index is 2.26. The molecule has 10 nitrogen and oxygen atoms in total. The summed E-state index contributed by atoms with van der Waals surface area (Å²) in [6, 6.07) is 6.49. The number of aliphatic hydroxyl groups excluding tert-OH is 1. The summed E-state index contributed by atoms with van der Waals surface area (Å²) in [5.41, 5.74) is 0.246. The first kappa shape index (κ1) is 26.7. The Labute approximate surface area is 210 Å². The largest absolute Gasteiger partial charge is 0.507 e. The van der Waals surface area contributed by atoms with Gasteiger partial charge in [0, 0.05) is 24.2 Å². The molecular formula is C26H32N2O8. The van der Waals surface area contributed by atoms with Crippen molar-refractivity contribution in [3.8, 4) is 28.7 Å². The van der Waals surface area contributed by atoms with Gasteiger partial charge in [-0.05, 0) is 45.3 Å². The van der Waals surface area contributed by atoms with Crippen molar-refractivity contribution < 1.29 is 38.7 Å². The van der Waals surface area contributed by atoms with Crippen molar-refractivity contribution in [3.05, 3.63) is 47.0 Å². The monoisotopic (exact) mass is 500 g/mol. The summed E-state index contributed by atoms with van der Waals surface area (Å²) in [5.74, 6) is -0.975. The maximum atomic E-state index is 13.3. The average molecular weight is 501 g/mol. The number of hydrogen-bond acceptors (Lipinski definition) is 9. The number of carbonyl (C=O) groups excluding carboxylic acids is 2. The van der Waals surface area contributed by atoms with Crippen LogP contribution in [0.2, 0.25) is 0 Å². The summed E-state index contributed by atoms with van der Waals surface area (Å²) in [5, 5.41) is 21.8. The Bertz CT molecular complexity index is 1170. The van der Waals surface area contributed by atoms with Crippen LogP contribution in [0.3, 0.4) is 0 Å². The van der Waals surface area contributed by atoms with E-state index in [2.05, 4.69) is 0 Å². The van der Waals surface area contributed by atoms with Crippen LogP contribution in [0.1, 0.15) is 23.6 Å². The molecule has 0 saturated carbocycles. The zero-order chi connectivity index (χ0) is 26.6. The highest BCUT2D eigenvalue weighted by Gasteiger charge is 2.47. The van der Waals surface area contributed by atoms with Crippen LogP contribution in [0.5, 0.6) is 28.7 Å².